The van der Waals surface area contributed by atoms with Gasteiger partial charge in [-0.1, -0.05) is 31.5 Å². The molecule has 1 aromatic heterocycles. The third-order valence-corrected chi connectivity index (χ3v) is 3.87. The van der Waals surface area contributed by atoms with Crippen LogP contribution in [-0.4, -0.2) is 22.8 Å². The SMILES string of the molecule is Cc1cccc(C(=O)N[C@@H](C(=O)Nc2nccs2)C(C)C)c1. The standard InChI is InChI=1S/C16H19N3O2S/c1-10(2)13(15(21)19-16-17-7-8-22-16)18-14(20)12-6-4-5-11(3)9-12/h4-10,13H,1-3H3,(H,18,20)(H,17,19,21)/t13-/m1/s1. The molecule has 2 amide bonds. The molecule has 116 valence electrons. The van der Waals surface area contributed by atoms with E-state index in [0.717, 1.165) is 5.56 Å². The molecule has 0 bridgehead atoms. The van der Waals surface area contributed by atoms with Gasteiger partial charge >= 0.3 is 0 Å². The first-order chi connectivity index (χ1) is 10.5. The quantitative estimate of drug-likeness (QED) is 0.891. The lowest BCUT2D eigenvalue weighted by atomic mass is 10.0. The summed E-state index contributed by atoms with van der Waals surface area (Å²) in [5.74, 6) is -0.545. The van der Waals surface area contributed by atoms with E-state index in [9.17, 15) is 9.59 Å². The fourth-order valence-corrected chi connectivity index (χ4v) is 2.55. The van der Waals surface area contributed by atoms with Crippen LogP contribution >= 0.6 is 11.3 Å². The Morgan fingerprint density at radius 1 is 1.27 bits per heavy atom. The lowest BCUT2D eigenvalue weighted by Gasteiger charge is -2.21. The number of thiazole rings is 1. The summed E-state index contributed by atoms with van der Waals surface area (Å²) in [7, 11) is 0. The van der Waals surface area contributed by atoms with E-state index < -0.39 is 6.04 Å². The van der Waals surface area contributed by atoms with E-state index in [4.69, 9.17) is 0 Å². The fourth-order valence-electron chi connectivity index (χ4n) is 2.01. The van der Waals surface area contributed by atoms with Gasteiger partial charge in [0, 0.05) is 17.1 Å². The van der Waals surface area contributed by atoms with Crippen LogP contribution in [0, 0.1) is 12.8 Å². The highest BCUT2D eigenvalue weighted by atomic mass is 32.1. The molecule has 0 unspecified atom stereocenters. The predicted molar refractivity (Wildman–Crippen MR) is 88.0 cm³/mol. The minimum Gasteiger partial charge on any atom is -0.340 e. The Bertz CT molecular complexity index is 653. The Labute approximate surface area is 133 Å². The number of carbonyl (C=O) groups excluding carboxylic acids is 2. The van der Waals surface area contributed by atoms with Crippen LogP contribution in [0.4, 0.5) is 5.13 Å². The monoisotopic (exact) mass is 317 g/mol. The van der Waals surface area contributed by atoms with Crippen molar-refractivity contribution in [3.05, 3.63) is 47.0 Å². The molecule has 2 N–H and O–H groups in total. The molecule has 2 rings (SSSR count). The molecular weight excluding hydrogens is 298 g/mol. The first-order valence-electron chi connectivity index (χ1n) is 7.05. The molecular formula is C16H19N3O2S. The number of hydrogen-bond acceptors (Lipinski definition) is 4. The van der Waals surface area contributed by atoms with Crippen molar-refractivity contribution in [2.24, 2.45) is 5.92 Å². The molecule has 0 radical (unpaired) electrons. The van der Waals surface area contributed by atoms with Crippen LogP contribution in [0.5, 0.6) is 0 Å². The molecule has 1 atom stereocenters. The second-order valence-corrected chi connectivity index (χ2v) is 6.29. The van der Waals surface area contributed by atoms with Gasteiger partial charge in [-0.2, -0.15) is 0 Å². The number of anilines is 1. The molecule has 2 aromatic rings. The van der Waals surface area contributed by atoms with E-state index >= 15 is 0 Å². The van der Waals surface area contributed by atoms with Gasteiger partial charge in [0.25, 0.3) is 5.91 Å². The summed E-state index contributed by atoms with van der Waals surface area (Å²) in [5.41, 5.74) is 1.55. The number of aryl methyl sites for hydroxylation is 1. The van der Waals surface area contributed by atoms with Crippen LogP contribution in [0.2, 0.25) is 0 Å². The van der Waals surface area contributed by atoms with Crippen molar-refractivity contribution in [1.29, 1.82) is 0 Å². The van der Waals surface area contributed by atoms with Gasteiger partial charge in [0.2, 0.25) is 5.91 Å². The van der Waals surface area contributed by atoms with Gasteiger partial charge in [0.15, 0.2) is 5.13 Å². The van der Waals surface area contributed by atoms with Crippen molar-refractivity contribution in [2.45, 2.75) is 26.8 Å². The topological polar surface area (TPSA) is 71.1 Å². The third-order valence-electron chi connectivity index (χ3n) is 3.18. The summed E-state index contributed by atoms with van der Waals surface area (Å²) in [6.07, 6.45) is 1.62. The second kappa shape index (κ2) is 7.17. The molecule has 0 aliphatic rings. The molecule has 0 spiro atoms. The number of hydrogen-bond donors (Lipinski definition) is 2. The average molecular weight is 317 g/mol. The smallest absolute Gasteiger partial charge is 0.251 e. The predicted octanol–water partition coefficient (Wildman–Crippen LogP) is 2.84. The van der Waals surface area contributed by atoms with Gasteiger partial charge < -0.3 is 10.6 Å². The minimum atomic E-state index is -0.614. The molecule has 1 heterocycles. The number of benzene rings is 1. The van der Waals surface area contributed by atoms with Gasteiger partial charge in [-0.15, -0.1) is 11.3 Å². The zero-order valence-corrected chi connectivity index (χ0v) is 13.6. The maximum Gasteiger partial charge on any atom is 0.251 e. The second-order valence-electron chi connectivity index (χ2n) is 5.39. The average Bonchev–Trinajstić information content (AvgIpc) is 2.96. The summed E-state index contributed by atoms with van der Waals surface area (Å²) < 4.78 is 0. The Kier molecular flexibility index (Phi) is 5.27. The van der Waals surface area contributed by atoms with Crippen LogP contribution in [0.25, 0.3) is 0 Å². The van der Waals surface area contributed by atoms with Crippen LogP contribution in [0.3, 0.4) is 0 Å². The fraction of sp³-hybridized carbons (Fsp3) is 0.312. The summed E-state index contributed by atoms with van der Waals surface area (Å²) >= 11 is 1.34. The number of nitrogens with zero attached hydrogens (tertiary/aromatic N) is 1. The molecule has 0 fully saturated rings. The van der Waals surface area contributed by atoms with Crippen molar-refractivity contribution < 1.29 is 9.59 Å². The molecule has 1 aromatic carbocycles. The molecule has 0 saturated carbocycles. The highest BCUT2D eigenvalue weighted by Gasteiger charge is 2.25. The maximum absolute atomic E-state index is 12.3. The highest BCUT2D eigenvalue weighted by molar-refractivity contribution is 7.13. The number of rotatable bonds is 5. The van der Waals surface area contributed by atoms with Crippen LogP contribution in [-0.2, 0) is 4.79 Å². The largest absolute Gasteiger partial charge is 0.340 e. The van der Waals surface area contributed by atoms with Crippen molar-refractivity contribution in [2.75, 3.05) is 5.32 Å². The summed E-state index contributed by atoms with van der Waals surface area (Å²) in [5, 5.41) is 7.83. The molecule has 6 heteroatoms. The van der Waals surface area contributed by atoms with E-state index in [1.165, 1.54) is 11.3 Å². The zero-order chi connectivity index (χ0) is 16.1. The van der Waals surface area contributed by atoms with Gasteiger partial charge in [-0.25, -0.2) is 4.98 Å². The van der Waals surface area contributed by atoms with Crippen molar-refractivity contribution in [3.8, 4) is 0 Å². The van der Waals surface area contributed by atoms with Gasteiger partial charge in [-0.05, 0) is 25.0 Å². The maximum atomic E-state index is 12.3. The van der Waals surface area contributed by atoms with Crippen LogP contribution < -0.4 is 10.6 Å². The van der Waals surface area contributed by atoms with Gasteiger partial charge in [0.1, 0.15) is 6.04 Å². The lowest BCUT2D eigenvalue weighted by Crippen LogP contribution is -2.47. The third kappa shape index (κ3) is 4.14. The van der Waals surface area contributed by atoms with Gasteiger partial charge in [0.05, 0.1) is 0 Å². The Hall–Kier alpha value is -2.21. The molecule has 5 nitrogen and oxygen atoms in total. The van der Waals surface area contributed by atoms with Crippen LogP contribution in [0.15, 0.2) is 35.8 Å². The normalized spacial score (nSPS) is 12.0. The van der Waals surface area contributed by atoms with E-state index in [2.05, 4.69) is 15.6 Å². The molecule has 0 saturated heterocycles. The molecule has 22 heavy (non-hydrogen) atoms. The van der Waals surface area contributed by atoms with E-state index in [1.54, 1.807) is 23.7 Å². The Morgan fingerprint density at radius 2 is 2.05 bits per heavy atom. The van der Waals surface area contributed by atoms with E-state index in [0.29, 0.717) is 10.7 Å². The van der Waals surface area contributed by atoms with E-state index in [1.807, 2.05) is 32.9 Å². The first-order valence-corrected chi connectivity index (χ1v) is 7.93. The zero-order valence-electron chi connectivity index (χ0n) is 12.8. The van der Waals surface area contributed by atoms with Crippen molar-refractivity contribution in [3.63, 3.8) is 0 Å². The Balaban J connectivity index is 2.08. The minimum absolute atomic E-state index is 0.0336. The number of nitrogens with one attached hydrogen (secondary N) is 2. The molecule has 0 aliphatic carbocycles. The number of carbonyl (C=O) groups is 2. The summed E-state index contributed by atoms with van der Waals surface area (Å²) in [6.45, 7) is 5.71. The molecule has 0 aliphatic heterocycles. The van der Waals surface area contributed by atoms with Crippen LogP contribution in [0.1, 0.15) is 29.8 Å². The van der Waals surface area contributed by atoms with Crippen molar-refractivity contribution in [1.82, 2.24) is 10.3 Å². The number of amides is 2. The van der Waals surface area contributed by atoms with Gasteiger partial charge in [-0.3, -0.25) is 9.59 Å². The summed E-state index contributed by atoms with van der Waals surface area (Å²) in [6, 6.07) is 6.66. The van der Waals surface area contributed by atoms with E-state index in [-0.39, 0.29) is 17.7 Å². The number of aromatic nitrogens is 1. The Morgan fingerprint density at radius 3 is 2.64 bits per heavy atom. The lowest BCUT2D eigenvalue weighted by molar-refractivity contribution is -0.118. The van der Waals surface area contributed by atoms with Crippen molar-refractivity contribution >= 4 is 28.3 Å². The summed E-state index contributed by atoms with van der Waals surface area (Å²) in [4.78, 5) is 28.7. The highest BCUT2D eigenvalue weighted by Crippen LogP contribution is 2.13. The first kappa shape index (κ1) is 16.2.